The fraction of sp³-hybridized carbons (Fsp3) is 0.111. The van der Waals surface area contributed by atoms with Gasteiger partial charge in [0.25, 0.3) is 0 Å². The second-order valence-electron chi connectivity index (χ2n) is 8.14. The molecule has 0 fully saturated rings. The second-order valence-corrected chi connectivity index (χ2v) is 9.06. The van der Waals surface area contributed by atoms with Gasteiger partial charge in [0.1, 0.15) is 24.0 Å². The molecule has 3 N–H and O–H groups in total. The molecule has 0 bridgehead atoms. The van der Waals surface area contributed by atoms with Crippen LogP contribution in [0.5, 0.6) is 5.75 Å². The Kier molecular flexibility index (Phi) is 6.94. The van der Waals surface area contributed by atoms with E-state index in [1.54, 1.807) is 28.8 Å². The SMILES string of the molecule is CC(=O)c1ccc(-n2c(C)ccc2-c2cc(Br)ccc2OCc2ccc(F)cc2F)c(N)c1C(=O)O. The zero-order chi connectivity index (χ0) is 26.1. The summed E-state index contributed by atoms with van der Waals surface area (Å²) in [7, 11) is 0. The Hall–Kier alpha value is -3.98. The third-order valence-corrected chi connectivity index (χ3v) is 6.24. The molecule has 0 saturated heterocycles. The Balaban J connectivity index is 1.83. The van der Waals surface area contributed by atoms with E-state index in [-0.39, 0.29) is 29.0 Å². The van der Waals surface area contributed by atoms with Gasteiger partial charge in [0, 0.05) is 32.9 Å². The van der Waals surface area contributed by atoms with Crippen LogP contribution in [0.2, 0.25) is 0 Å². The van der Waals surface area contributed by atoms with E-state index in [1.807, 2.05) is 19.1 Å². The molecule has 9 heteroatoms. The Morgan fingerprint density at radius 1 is 1.06 bits per heavy atom. The molecule has 0 radical (unpaired) electrons. The number of carboxylic acids is 1. The van der Waals surface area contributed by atoms with Gasteiger partial charge in [0.05, 0.1) is 22.6 Å². The average molecular weight is 555 g/mol. The number of hydrogen-bond acceptors (Lipinski definition) is 4. The molecule has 6 nitrogen and oxygen atoms in total. The van der Waals surface area contributed by atoms with Gasteiger partial charge in [-0.1, -0.05) is 15.9 Å². The van der Waals surface area contributed by atoms with Crippen molar-refractivity contribution in [3.63, 3.8) is 0 Å². The highest BCUT2D eigenvalue weighted by atomic mass is 79.9. The minimum absolute atomic E-state index is 0.0166. The van der Waals surface area contributed by atoms with Crippen LogP contribution in [0.25, 0.3) is 16.9 Å². The highest BCUT2D eigenvalue weighted by Gasteiger charge is 2.23. The number of aromatic carboxylic acids is 1. The number of halogens is 3. The van der Waals surface area contributed by atoms with Crippen molar-refractivity contribution in [1.29, 1.82) is 0 Å². The molecule has 0 aliphatic carbocycles. The molecule has 0 aliphatic heterocycles. The number of rotatable bonds is 7. The number of aryl methyl sites for hydroxylation is 1. The van der Waals surface area contributed by atoms with E-state index in [1.165, 1.54) is 19.1 Å². The normalized spacial score (nSPS) is 10.9. The fourth-order valence-corrected chi connectivity index (χ4v) is 4.38. The molecule has 0 saturated carbocycles. The molecule has 1 aromatic heterocycles. The van der Waals surface area contributed by atoms with Crippen molar-refractivity contribution in [2.45, 2.75) is 20.5 Å². The number of ketones is 1. The van der Waals surface area contributed by atoms with Gasteiger partial charge >= 0.3 is 5.97 Å². The molecule has 0 unspecified atom stereocenters. The Labute approximate surface area is 214 Å². The lowest BCUT2D eigenvalue weighted by atomic mass is 10.0. The Morgan fingerprint density at radius 3 is 2.47 bits per heavy atom. The van der Waals surface area contributed by atoms with E-state index in [4.69, 9.17) is 10.5 Å². The van der Waals surface area contributed by atoms with Gasteiger partial charge in [0.2, 0.25) is 0 Å². The topological polar surface area (TPSA) is 94.5 Å². The van der Waals surface area contributed by atoms with Crippen LogP contribution in [0.4, 0.5) is 14.5 Å². The Bertz CT molecular complexity index is 1510. The first kappa shape index (κ1) is 25.1. The molecule has 0 atom stereocenters. The van der Waals surface area contributed by atoms with Crippen LogP contribution < -0.4 is 10.5 Å². The van der Waals surface area contributed by atoms with Crippen LogP contribution in [0.3, 0.4) is 0 Å². The van der Waals surface area contributed by atoms with Crippen LogP contribution in [-0.2, 0) is 6.61 Å². The van der Waals surface area contributed by atoms with Gasteiger partial charge < -0.3 is 20.1 Å². The largest absolute Gasteiger partial charge is 0.488 e. The highest BCUT2D eigenvalue weighted by molar-refractivity contribution is 9.10. The standard InChI is InChI=1S/C27H21BrF2N2O4/c1-14-3-8-22(32(14)23-9-7-19(15(2)33)25(26(23)31)27(34)35)20-11-17(28)5-10-24(20)36-13-16-4-6-18(29)12-21(16)30/h3-12H,13,31H2,1-2H3,(H,34,35). The van der Waals surface area contributed by atoms with Crippen molar-refractivity contribution in [1.82, 2.24) is 4.57 Å². The smallest absolute Gasteiger partial charge is 0.338 e. The van der Waals surface area contributed by atoms with Gasteiger partial charge in [-0.2, -0.15) is 0 Å². The zero-order valence-corrected chi connectivity index (χ0v) is 20.9. The molecule has 4 rings (SSSR count). The minimum atomic E-state index is -1.31. The molecule has 0 spiro atoms. The quantitative estimate of drug-likeness (QED) is 0.199. The minimum Gasteiger partial charge on any atom is -0.488 e. The van der Waals surface area contributed by atoms with E-state index in [9.17, 15) is 23.5 Å². The van der Waals surface area contributed by atoms with Crippen LogP contribution in [0.1, 0.15) is 38.9 Å². The van der Waals surface area contributed by atoms with Crippen molar-refractivity contribution in [2.75, 3.05) is 5.73 Å². The first-order chi connectivity index (χ1) is 17.1. The zero-order valence-electron chi connectivity index (χ0n) is 19.3. The van der Waals surface area contributed by atoms with Gasteiger partial charge in [-0.25, -0.2) is 13.6 Å². The fourth-order valence-electron chi connectivity index (χ4n) is 4.02. The number of aromatic nitrogens is 1. The molecule has 0 amide bonds. The summed E-state index contributed by atoms with van der Waals surface area (Å²) >= 11 is 3.46. The monoisotopic (exact) mass is 554 g/mol. The average Bonchev–Trinajstić information content (AvgIpc) is 3.19. The molecule has 36 heavy (non-hydrogen) atoms. The van der Waals surface area contributed by atoms with Crippen LogP contribution in [0, 0.1) is 18.6 Å². The lowest BCUT2D eigenvalue weighted by Crippen LogP contribution is -2.14. The molecular weight excluding hydrogens is 534 g/mol. The lowest BCUT2D eigenvalue weighted by Gasteiger charge is -2.19. The summed E-state index contributed by atoms with van der Waals surface area (Å²) in [5.74, 6) is -2.70. The van der Waals surface area contributed by atoms with E-state index in [0.717, 1.165) is 22.3 Å². The molecule has 0 aliphatic rings. The molecule has 184 valence electrons. The summed E-state index contributed by atoms with van der Waals surface area (Å²) < 4.78 is 35.9. The number of nitrogen functional groups attached to an aromatic ring is 1. The summed E-state index contributed by atoms with van der Waals surface area (Å²) in [5, 5.41) is 9.75. The number of anilines is 1. The highest BCUT2D eigenvalue weighted by Crippen LogP contribution is 2.38. The van der Waals surface area contributed by atoms with Crippen molar-refractivity contribution >= 4 is 33.4 Å². The Morgan fingerprint density at radius 2 is 1.81 bits per heavy atom. The molecular formula is C27H21BrF2N2O4. The van der Waals surface area contributed by atoms with E-state index < -0.39 is 23.4 Å². The number of nitrogens with two attached hydrogens (primary N) is 1. The second kappa shape index (κ2) is 9.94. The van der Waals surface area contributed by atoms with Gasteiger partial charge in [-0.15, -0.1) is 0 Å². The van der Waals surface area contributed by atoms with Crippen LogP contribution in [0.15, 0.2) is 65.1 Å². The number of carbonyl (C=O) groups is 2. The molecule has 4 aromatic rings. The van der Waals surface area contributed by atoms with Crippen molar-refractivity contribution in [2.24, 2.45) is 0 Å². The maximum absolute atomic E-state index is 14.1. The van der Waals surface area contributed by atoms with E-state index in [2.05, 4.69) is 15.9 Å². The third-order valence-electron chi connectivity index (χ3n) is 5.75. The maximum Gasteiger partial charge on any atom is 0.338 e. The summed E-state index contributed by atoms with van der Waals surface area (Å²) in [6, 6.07) is 15.2. The summed E-state index contributed by atoms with van der Waals surface area (Å²) in [4.78, 5) is 23.9. The molecule has 3 aromatic carbocycles. The maximum atomic E-state index is 14.1. The number of hydrogen-bond donors (Lipinski definition) is 2. The number of carbonyl (C=O) groups excluding carboxylic acids is 1. The van der Waals surface area contributed by atoms with E-state index >= 15 is 0 Å². The van der Waals surface area contributed by atoms with Crippen LogP contribution >= 0.6 is 15.9 Å². The van der Waals surface area contributed by atoms with Gasteiger partial charge in [-0.05, 0) is 68.4 Å². The number of Topliss-reactive ketones (excluding diaryl/α,β-unsaturated/α-hetero) is 1. The van der Waals surface area contributed by atoms with Gasteiger partial charge in [0.15, 0.2) is 5.78 Å². The molecule has 1 heterocycles. The number of carboxylic acid groups (broad SMARTS) is 1. The van der Waals surface area contributed by atoms with Gasteiger partial charge in [-0.3, -0.25) is 4.79 Å². The lowest BCUT2D eigenvalue weighted by molar-refractivity contribution is 0.0693. The van der Waals surface area contributed by atoms with Crippen molar-refractivity contribution in [3.05, 3.63) is 99.2 Å². The predicted molar refractivity (Wildman–Crippen MR) is 136 cm³/mol. The summed E-state index contributed by atoms with van der Waals surface area (Å²) in [5.41, 5.74) is 8.55. The number of ether oxygens (including phenoxy) is 1. The van der Waals surface area contributed by atoms with E-state index in [0.29, 0.717) is 22.7 Å². The first-order valence-corrected chi connectivity index (χ1v) is 11.6. The third kappa shape index (κ3) is 4.74. The summed E-state index contributed by atoms with van der Waals surface area (Å²) in [6.45, 7) is 2.97. The van der Waals surface area contributed by atoms with Crippen LogP contribution in [-0.4, -0.2) is 21.4 Å². The van der Waals surface area contributed by atoms with Crippen molar-refractivity contribution in [3.8, 4) is 22.7 Å². The first-order valence-electron chi connectivity index (χ1n) is 10.8. The van der Waals surface area contributed by atoms with Crippen molar-refractivity contribution < 1.29 is 28.2 Å². The predicted octanol–water partition coefficient (Wildman–Crippen LogP) is 6.56. The number of nitrogens with zero attached hydrogens (tertiary/aromatic N) is 1. The number of benzene rings is 3. The summed E-state index contributed by atoms with van der Waals surface area (Å²) in [6.07, 6.45) is 0.